The zero-order chi connectivity index (χ0) is 20.7. The van der Waals surface area contributed by atoms with Crippen molar-refractivity contribution in [3.05, 3.63) is 35.4 Å². The third-order valence-electron chi connectivity index (χ3n) is 4.16. The highest BCUT2D eigenvalue weighted by atomic mass is 14.1. The molecule has 0 fully saturated rings. The predicted octanol–water partition coefficient (Wildman–Crippen LogP) is 9.24. The van der Waals surface area contributed by atoms with Gasteiger partial charge in [0, 0.05) is 0 Å². The van der Waals surface area contributed by atoms with Gasteiger partial charge in [-0.2, -0.15) is 0 Å². The van der Waals surface area contributed by atoms with E-state index in [4.69, 9.17) is 0 Å². The maximum Gasteiger partial charge on any atom is -0.0385 e. The third-order valence-corrected chi connectivity index (χ3v) is 4.16. The summed E-state index contributed by atoms with van der Waals surface area (Å²) in [5.74, 6) is 0.884. The van der Waals surface area contributed by atoms with E-state index in [1.807, 2.05) is 0 Å². The standard InChI is InChI=1S/C8H10.2C6H14.C5H12/c1-7-3-5-8(2)6-4-7;2*1-5-6(2,3)4;1-4-5(2)3/h3-6H,1-2H3;2*5H2,1-4H3;5H,4H2,1-3H3. The molecular formula is C25H50. The molecule has 0 aliphatic heterocycles. The Bertz CT molecular complexity index is 333. The van der Waals surface area contributed by atoms with Crippen LogP contribution in [0.3, 0.4) is 0 Å². The second-order valence-electron chi connectivity index (χ2n) is 9.79. The topological polar surface area (TPSA) is 0 Å². The maximum atomic E-state index is 2.24. The molecule has 25 heavy (non-hydrogen) atoms. The van der Waals surface area contributed by atoms with E-state index in [0.29, 0.717) is 10.8 Å². The average Bonchev–Trinajstić information content (AvgIpc) is 2.50. The first-order valence-electron chi connectivity index (χ1n) is 10.2. The summed E-state index contributed by atoms with van der Waals surface area (Å²) < 4.78 is 0. The Balaban J connectivity index is -0.000000263. The molecule has 0 spiro atoms. The van der Waals surface area contributed by atoms with E-state index in [1.165, 1.54) is 30.4 Å². The van der Waals surface area contributed by atoms with E-state index in [1.54, 1.807) is 0 Å². The molecule has 0 aliphatic rings. The van der Waals surface area contributed by atoms with Gasteiger partial charge in [0.1, 0.15) is 0 Å². The minimum atomic E-state index is 0.542. The summed E-state index contributed by atoms with van der Waals surface area (Å²) in [5.41, 5.74) is 3.74. The molecule has 0 amide bonds. The molecule has 0 radical (unpaired) electrons. The largest absolute Gasteiger partial charge is 0.0651 e. The molecule has 0 heterocycles. The van der Waals surface area contributed by atoms with Gasteiger partial charge in [0.05, 0.1) is 0 Å². The molecule has 0 unspecified atom stereocenters. The van der Waals surface area contributed by atoms with Gasteiger partial charge < -0.3 is 0 Å². The zero-order valence-corrected chi connectivity index (χ0v) is 20.0. The Morgan fingerprint density at radius 1 is 0.640 bits per heavy atom. The molecule has 0 N–H and O–H groups in total. The predicted molar refractivity (Wildman–Crippen MR) is 121 cm³/mol. The first-order chi connectivity index (χ1) is 11.2. The normalized spacial score (nSPS) is 10.6. The molecule has 0 bridgehead atoms. The lowest BCUT2D eigenvalue weighted by atomic mass is 9.94. The number of rotatable bonds is 1. The van der Waals surface area contributed by atoms with Crippen molar-refractivity contribution in [3.63, 3.8) is 0 Å². The van der Waals surface area contributed by atoms with Crippen LogP contribution < -0.4 is 0 Å². The maximum absolute atomic E-state index is 2.24. The Kier molecular flexibility index (Phi) is 17.9. The van der Waals surface area contributed by atoms with Crippen LogP contribution in [0.1, 0.15) is 107 Å². The molecule has 0 nitrogen and oxygen atoms in total. The first-order valence-corrected chi connectivity index (χ1v) is 10.2. The molecule has 0 aliphatic carbocycles. The summed E-state index contributed by atoms with van der Waals surface area (Å²) in [5, 5.41) is 0. The Morgan fingerprint density at radius 3 is 0.880 bits per heavy atom. The highest BCUT2D eigenvalue weighted by Gasteiger charge is 2.03. The summed E-state index contributed by atoms with van der Waals surface area (Å²) in [6.45, 7) is 28.7. The van der Waals surface area contributed by atoms with Crippen LogP contribution in [0.15, 0.2) is 24.3 Å². The lowest BCUT2D eigenvalue weighted by Crippen LogP contribution is -2.00. The molecule has 0 atom stereocenters. The van der Waals surface area contributed by atoms with E-state index in [0.717, 1.165) is 5.92 Å². The van der Waals surface area contributed by atoms with Crippen LogP contribution in [0.2, 0.25) is 0 Å². The van der Waals surface area contributed by atoms with Crippen molar-refractivity contribution >= 4 is 0 Å². The van der Waals surface area contributed by atoms with E-state index in [9.17, 15) is 0 Å². The van der Waals surface area contributed by atoms with Gasteiger partial charge in [-0.25, -0.2) is 0 Å². The van der Waals surface area contributed by atoms with Crippen molar-refractivity contribution in [1.29, 1.82) is 0 Å². The molecule has 0 heteroatoms. The summed E-state index contributed by atoms with van der Waals surface area (Å²) in [7, 11) is 0. The van der Waals surface area contributed by atoms with Crippen molar-refractivity contribution in [2.45, 2.75) is 109 Å². The Labute approximate surface area is 161 Å². The van der Waals surface area contributed by atoms with Crippen molar-refractivity contribution < 1.29 is 0 Å². The molecule has 1 aromatic carbocycles. The molecular weight excluding hydrogens is 300 g/mol. The van der Waals surface area contributed by atoms with Gasteiger partial charge in [-0.15, -0.1) is 0 Å². The van der Waals surface area contributed by atoms with Crippen LogP contribution in [-0.4, -0.2) is 0 Å². The second-order valence-corrected chi connectivity index (χ2v) is 9.79. The SMILES string of the molecule is CCC(C)(C)C.CCC(C)(C)C.CCC(C)C.Cc1ccc(C)cc1. The monoisotopic (exact) mass is 350 g/mol. The zero-order valence-electron chi connectivity index (χ0n) is 20.0. The van der Waals surface area contributed by atoms with E-state index >= 15 is 0 Å². The Hall–Kier alpha value is -0.780. The fourth-order valence-corrected chi connectivity index (χ4v) is 0.637. The highest BCUT2D eigenvalue weighted by Crippen LogP contribution is 2.16. The van der Waals surface area contributed by atoms with Crippen LogP contribution in [0.5, 0.6) is 0 Å². The number of aryl methyl sites for hydroxylation is 2. The van der Waals surface area contributed by atoms with Gasteiger partial charge in [0.15, 0.2) is 0 Å². The third kappa shape index (κ3) is 35.3. The van der Waals surface area contributed by atoms with Crippen molar-refractivity contribution in [3.8, 4) is 0 Å². The molecule has 1 aromatic rings. The molecule has 0 aromatic heterocycles. The lowest BCUT2D eigenvalue weighted by molar-refractivity contribution is 0.397. The van der Waals surface area contributed by atoms with Gasteiger partial charge in [-0.05, 0) is 30.6 Å². The molecule has 0 saturated carbocycles. The number of hydrogen-bond acceptors (Lipinski definition) is 0. The second kappa shape index (κ2) is 15.5. The van der Waals surface area contributed by atoms with Gasteiger partial charge in [-0.1, -0.05) is 131 Å². The van der Waals surface area contributed by atoms with E-state index in [-0.39, 0.29) is 0 Å². The highest BCUT2D eigenvalue weighted by molar-refractivity contribution is 5.19. The molecule has 150 valence electrons. The quantitative estimate of drug-likeness (QED) is 0.473. The lowest BCUT2D eigenvalue weighted by Gasteiger charge is -2.12. The van der Waals surface area contributed by atoms with Crippen molar-refractivity contribution in [2.75, 3.05) is 0 Å². The van der Waals surface area contributed by atoms with Gasteiger partial charge in [0.25, 0.3) is 0 Å². The number of hydrogen-bond donors (Lipinski definition) is 0. The van der Waals surface area contributed by atoms with Crippen LogP contribution in [0.25, 0.3) is 0 Å². The van der Waals surface area contributed by atoms with Crippen molar-refractivity contribution in [1.82, 2.24) is 0 Å². The van der Waals surface area contributed by atoms with Gasteiger partial charge >= 0.3 is 0 Å². The molecule has 1 rings (SSSR count). The van der Waals surface area contributed by atoms with Crippen LogP contribution in [-0.2, 0) is 0 Å². The fourth-order valence-electron chi connectivity index (χ4n) is 0.637. The van der Waals surface area contributed by atoms with Crippen LogP contribution in [0, 0.1) is 30.6 Å². The van der Waals surface area contributed by atoms with Crippen LogP contribution in [0.4, 0.5) is 0 Å². The summed E-state index contributed by atoms with van der Waals surface area (Å²) in [6, 6.07) is 8.48. The minimum Gasteiger partial charge on any atom is -0.0651 e. The molecule has 0 saturated heterocycles. The number of benzene rings is 1. The smallest absolute Gasteiger partial charge is 0.0385 e. The summed E-state index contributed by atoms with van der Waals surface area (Å²) in [6.07, 6.45) is 3.85. The first kappa shape index (κ1) is 29.0. The van der Waals surface area contributed by atoms with Gasteiger partial charge in [-0.3, -0.25) is 0 Å². The van der Waals surface area contributed by atoms with E-state index in [2.05, 4.69) is 114 Å². The van der Waals surface area contributed by atoms with Crippen molar-refractivity contribution in [2.24, 2.45) is 16.7 Å². The van der Waals surface area contributed by atoms with Crippen LogP contribution >= 0.6 is 0 Å². The minimum absolute atomic E-state index is 0.542. The fraction of sp³-hybridized carbons (Fsp3) is 0.760. The Morgan fingerprint density at radius 2 is 0.800 bits per heavy atom. The summed E-state index contributed by atoms with van der Waals surface area (Å²) >= 11 is 0. The van der Waals surface area contributed by atoms with Gasteiger partial charge in [0.2, 0.25) is 0 Å². The average molecular weight is 351 g/mol. The summed E-state index contributed by atoms with van der Waals surface area (Å²) in [4.78, 5) is 0. The van der Waals surface area contributed by atoms with E-state index < -0.39 is 0 Å².